The van der Waals surface area contributed by atoms with Gasteiger partial charge < -0.3 is 15.2 Å². The van der Waals surface area contributed by atoms with Gasteiger partial charge >= 0.3 is 0 Å². The van der Waals surface area contributed by atoms with Gasteiger partial charge in [-0.1, -0.05) is 18.2 Å². The second-order valence-electron chi connectivity index (χ2n) is 7.97. The molecule has 4 heterocycles. The van der Waals surface area contributed by atoms with Crippen molar-refractivity contribution in [3.63, 3.8) is 0 Å². The molecule has 32 heavy (non-hydrogen) atoms. The number of likely N-dealkylation sites (tertiary alicyclic amines) is 1. The van der Waals surface area contributed by atoms with Crippen LogP contribution in [0.2, 0.25) is 0 Å². The molecule has 158 valence electrons. The molecule has 1 saturated heterocycles. The van der Waals surface area contributed by atoms with Crippen molar-refractivity contribution in [2.24, 2.45) is 0 Å². The number of aromatic nitrogens is 3. The van der Waals surface area contributed by atoms with Gasteiger partial charge in [0.25, 0.3) is 5.91 Å². The van der Waals surface area contributed by atoms with Crippen molar-refractivity contribution in [2.75, 3.05) is 20.1 Å². The van der Waals surface area contributed by atoms with Crippen molar-refractivity contribution in [2.45, 2.75) is 12.5 Å². The molecule has 1 amide bonds. The molecule has 5 rings (SSSR count). The first-order chi connectivity index (χ1) is 15.6. The zero-order valence-corrected chi connectivity index (χ0v) is 17.7. The molecule has 1 aliphatic rings. The lowest BCUT2D eigenvalue weighted by atomic mass is 10.1. The summed E-state index contributed by atoms with van der Waals surface area (Å²) in [5, 5.41) is 13.3. The highest BCUT2D eigenvalue weighted by Gasteiger charge is 2.26. The summed E-state index contributed by atoms with van der Waals surface area (Å²) in [6.45, 7) is 1.44. The molecule has 1 aromatic carbocycles. The third kappa shape index (κ3) is 3.72. The second kappa shape index (κ2) is 8.25. The quantitative estimate of drug-likeness (QED) is 0.524. The molecule has 4 aromatic rings. The Hall–Kier alpha value is -4.02. The molecule has 1 unspecified atom stereocenters. The largest absolute Gasteiger partial charge is 0.339 e. The molecule has 0 aliphatic carbocycles. The highest BCUT2D eigenvalue weighted by atomic mass is 16.2. The highest BCUT2D eigenvalue weighted by Crippen LogP contribution is 2.27. The molecule has 0 spiro atoms. The van der Waals surface area contributed by atoms with E-state index in [9.17, 15) is 4.79 Å². The zero-order chi connectivity index (χ0) is 22.1. The fourth-order valence-electron chi connectivity index (χ4n) is 4.12. The average molecular weight is 422 g/mol. The highest BCUT2D eigenvalue weighted by molar-refractivity contribution is 5.93. The topological polar surface area (TPSA) is 97.7 Å². The van der Waals surface area contributed by atoms with Crippen LogP contribution in [0.25, 0.3) is 33.5 Å². The van der Waals surface area contributed by atoms with Gasteiger partial charge in [-0.25, -0.2) is 9.97 Å². The smallest absolute Gasteiger partial charge is 0.272 e. The normalized spacial score (nSPS) is 15.8. The molecule has 1 aliphatic heterocycles. The Morgan fingerprint density at radius 2 is 2.06 bits per heavy atom. The summed E-state index contributed by atoms with van der Waals surface area (Å²) in [5.41, 5.74) is 5.20. The van der Waals surface area contributed by atoms with Crippen molar-refractivity contribution < 1.29 is 4.79 Å². The summed E-state index contributed by atoms with van der Waals surface area (Å²) in [7, 11) is 1.92. The summed E-state index contributed by atoms with van der Waals surface area (Å²) in [5.74, 6) is -0.0417. The lowest BCUT2D eigenvalue weighted by Gasteiger charge is -2.16. The molecule has 3 aromatic heterocycles. The second-order valence-corrected chi connectivity index (χ2v) is 7.97. The Labute approximate surface area is 185 Å². The van der Waals surface area contributed by atoms with Crippen LogP contribution in [0, 0.1) is 11.3 Å². The summed E-state index contributed by atoms with van der Waals surface area (Å²) in [4.78, 5) is 27.3. The number of fused-ring (bicyclic) bond motifs is 1. The molecule has 2 N–H and O–H groups in total. The average Bonchev–Trinajstić information content (AvgIpc) is 3.50. The van der Waals surface area contributed by atoms with Crippen molar-refractivity contribution in [3.05, 3.63) is 72.1 Å². The standard InChI is InChI=1S/C25H22N6O/c1-27-20-8-9-31(15-20)25(32)22-7-3-6-21(29-22)19-11-18-12-23(30-24(18)28-14-19)17-5-2-4-16(10-17)13-26/h2-7,10-12,14,20,27H,8-9,15H2,1H3,(H,28,30). The van der Waals surface area contributed by atoms with Gasteiger partial charge in [0.15, 0.2) is 0 Å². The molecule has 1 fully saturated rings. The monoisotopic (exact) mass is 422 g/mol. The van der Waals surface area contributed by atoms with E-state index in [1.807, 2.05) is 54.4 Å². The number of likely N-dealkylation sites (N-methyl/N-ethyl adjacent to an activating group) is 1. The van der Waals surface area contributed by atoms with Crippen LogP contribution in [0.1, 0.15) is 22.5 Å². The maximum Gasteiger partial charge on any atom is 0.272 e. The Balaban J connectivity index is 1.44. The zero-order valence-electron chi connectivity index (χ0n) is 17.7. The third-order valence-electron chi connectivity index (χ3n) is 5.92. The van der Waals surface area contributed by atoms with E-state index in [2.05, 4.69) is 26.3 Å². The molecule has 7 nitrogen and oxygen atoms in total. The summed E-state index contributed by atoms with van der Waals surface area (Å²) >= 11 is 0. The Morgan fingerprint density at radius 3 is 2.88 bits per heavy atom. The number of rotatable bonds is 4. The van der Waals surface area contributed by atoms with Crippen LogP contribution in [0.3, 0.4) is 0 Å². The number of nitrogens with zero attached hydrogens (tertiary/aromatic N) is 4. The van der Waals surface area contributed by atoms with Crippen LogP contribution in [0.5, 0.6) is 0 Å². The van der Waals surface area contributed by atoms with E-state index < -0.39 is 0 Å². The number of carbonyl (C=O) groups is 1. The van der Waals surface area contributed by atoms with E-state index in [4.69, 9.17) is 5.26 Å². The van der Waals surface area contributed by atoms with E-state index in [1.165, 1.54) is 0 Å². The van der Waals surface area contributed by atoms with Gasteiger partial charge in [-0.15, -0.1) is 0 Å². The lowest BCUT2D eigenvalue weighted by molar-refractivity contribution is 0.0784. The number of nitriles is 1. The Kier molecular flexibility index (Phi) is 5.13. The van der Waals surface area contributed by atoms with Gasteiger partial charge in [0, 0.05) is 42.0 Å². The van der Waals surface area contributed by atoms with E-state index in [0.717, 1.165) is 40.8 Å². The van der Waals surface area contributed by atoms with Crippen molar-refractivity contribution in [3.8, 4) is 28.6 Å². The lowest BCUT2D eigenvalue weighted by Crippen LogP contribution is -2.33. The van der Waals surface area contributed by atoms with Gasteiger partial charge in [0.2, 0.25) is 0 Å². The number of pyridine rings is 2. The summed E-state index contributed by atoms with van der Waals surface area (Å²) in [6, 6.07) is 19.5. The minimum atomic E-state index is -0.0417. The van der Waals surface area contributed by atoms with Crippen LogP contribution in [0.15, 0.2) is 60.8 Å². The predicted octanol–water partition coefficient (Wildman–Crippen LogP) is 3.60. The molecule has 0 bridgehead atoms. The molecular formula is C25H22N6O. The van der Waals surface area contributed by atoms with Crippen LogP contribution < -0.4 is 5.32 Å². The molecule has 0 radical (unpaired) electrons. The molecular weight excluding hydrogens is 400 g/mol. The van der Waals surface area contributed by atoms with Gasteiger partial charge in [0.05, 0.1) is 17.3 Å². The number of benzene rings is 1. The number of nitrogens with one attached hydrogen (secondary N) is 2. The van der Waals surface area contributed by atoms with E-state index in [-0.39, 0.29) is 5.91 Å². The Bertz CT molecular complexity index is 1350. The van der Waals surface area contributed by atoms with Crippen LogP contribution in [0.4, 0.5) is 0 Å². The number of hydrogen-bond donors (Lipinski definition) is 2. The maximum absolute atomic E-state index is 12.9. The number of carbonyl (C=O) groups excluding carboxylic acids is 1. The van der Waals surface area contributed by atoms with E-state index >= 15 is 0 Å². The van der Waals surface area contributed by atoms with Crippen LogP contribution in [-0.4, -0.2) is 51.9 Å². The van der Waals surface area contributed by atoms with Gasteiger partial charge in [-0.3, -0.25) is 4.79 Å². The summed E-state index contributed by atoms with van der Waals surface area (Å²) < 4.78 is 0. The maximum atomic E-state index is 12.9. The van der Waals surface area contributed by atoms with E-state index in [0.29, 0.717) is 29.5 Å². The Morgan fingerprint density at radius 1 is 1.19 bits per heavy atom. The van der Waals surface area contributed by atoms with E-state index in [1.54, 1.807) is 18.3 Å². The SMILES string of the molecule is CNC1CCN(C(=O)c2cccc(-c3cnc4[nH]c(-c5cccc(C#N)c5)cc4c3)n2)C1. The predicted molar refractivity (Wildman–Crippen MR) is 123 cm³/mol. The van der Waals surface area contributed by atoms with Crippen LogP contribution in [-0.2, 0) is 0 Å². The fourth-order valence-corrected chi connectivity index (χ4v) is 4.12. The van der Waals surface area contributed by atoms with Gasteiger partial charge in [-0.2, -0.15) is 5.26 Å². The number of aromatic amines is 1. The molecule has 0 saturated carbocycles. The van der Waals surface area contributed by atoms with Gasteiger partial charge in [-0.05, 0) is 55.4 Å². The molecule has 7 heteroatoms. The van der Waals surface area contributed by atoms with Crippen molar-refractivity contribution >= 4 is 16.9 Å². The summed E-state index contributed by atoms with van der Waals surface area (Å²) in [6.07, 6.45) is 2.72. The minimum Gasteiger partial charge on any atom is -0.339 e. The minimum absolute atomic E-state index is 0.0417. The van der Waals surface area contributed by atoms with Gasteiger partial charge in [0.1, 0.15) is 11.3 Å². The van der Waals surface area contributed by atoms with Crippen molar-refractivity contribution in [1.29, 1.82) is 5.26 Å². The number of hydrogen-bond acceptors (Lipinski definition) is 5. The first kappa shape index (κ1) is 19.9. The first-order valence-electron chi connectivity index (χ1n) is 10.6. The van der Waals surface area contributed by atoms with Crippen molar-refractivity contribution in [1.82, 2.24) is 25.2 Å². The number of H-pyrrole nitrogens is 1. The molecule has 1 atom stereocenters. The van der Waals surface area contributed by atoms with Crippen LogP contribution >= 0.6 is 0 Å². The fraction of sp³-hybridized carbons (Fsp3) is 0.200. The first-order valence-corrected chi connectivity index (χ1v) is 10.6. The number of amides is 1. The third-order valence-corrected chi connectivity index (χ3v) is 5.92.